The Balaban J connectivity index is 1.80. The van der Waals surface area contributed by atoms with E-state index in [0.717, 1.165) is 25.6 Å². The Morgan fingerprint density at radius 3 is 2.63 bits per heavy atom. The Morgan fingerprint density at radius 2 is 1.95 bits per heavy atom. The minimum atomic E-state index is -0.497. The van der Waals surface area contributed by atoms with Crippen molar-refractivity contribution in [2.24, 2.45) is 0 Å². The standard InChI is InChI=1S/C15H21F2N2/c1-19(15-5-4-12(16)10-14(15)17)9-6-13(11-19)18-7-2-3-8-18/h4-5,10,13H,2-3,6-9,11H2,1H3/q+1. The van der Waals surface area contributed by atoms with E-state index in [9.17, 15) is 8.78 Å². The smallest absolute Gasteiger partial charge is 0.186 e. The highest BCUT2D eigenvalue weighted by Gasteiger charge is 2.41. The van der Waals surface area contributed by atoms with Crippen molar-refractivity contribution in [1.82, 2.24) is 9.38 Å². The van der Waals surface area contributed by atoms with Gasteiger partial charge in [0.05, 0.1) is 26.2 Å². The zero-order valence-electron chi connectivity index (χ0n) is 11.4. The number of nitrogens with zero attached hydrogens (tertiary/aromatic N) is 2. The highest BCUT2D eigenvalue weighted by Crippen LogP contribution is 2.32. The van der Waals surface area contributed by atoms with Crippen LogP contribution in [0, 0.1) is 11.6 Å². The molecule has 2 heterocycles. The van der Waals surface area contributed by atoms with Crippen LogP contribution in [0.3, 0.4) is 0 Å². The number of rotatable bonds is 2. The third-order valence-electron chi connectivity index (χ3n) is 4.72. The number of likely N-dealkylation sites (N-methyl/N-ethyl adjacent to an activating group) is 1. The Kier molecular flexibility index (Phi) is 3.31. The van der Waals surface area contributed by atoms with Gasteiger partial charge in [-0.3, -0.25) is 9.38 Å². The fourth-order valence-electron chi connectivity index (χ4n) is 3.62. The van der Waals surface area contributed by atoms with Gasteiger partial charge in [-0.15, -0.1) is 0 Å². The molecule has 1 aromatic rings. The van der Waals surface area contributed by atoms with E-state index in [-0.39, 0.29) is 0 Å². The molecule has 2 nitrogen and oxygen atoms in total. The number of likely N-dealkylation sites (tertiary alicyclic amines) is 2. The highest BCUT2D eigenvalue weighted by atomic mass is 19.1. The van der Waals surface area contributed by atoms with Crippen molar-refractivity contribution in [2.75, 3.05) is 33.2 Å². The van der Waals surface area contributed by atoms with E-state index in [1.54, 1.807) is 6.07 Å². The first kappa shape index (κ1) is 13.0. The lowest BCUT2D eigenvalue weighted by atomic mass is 10.2. The molecule has 0 aromatic heterocycles. The maximum absolute atomic E-state index is 14.0. The summed E-state index contributed by atoms with van der Waals surface area (Å²) in [6.45, 7) is 4.22. The van der Waals surface area contributed by atoms with Crippen molar-refractivity contribution in [3.8, 4) is 0 Å². The Bertz CT molecular complexity index is 471. The summed E-state index contributed by atoms with van der Waals surface area (Å²) in [6, 6.07) is 4.53. The number of benzene rings is 1. The molecule has 0 saturated carbocycles. The lowest BCUT2D eigenvalue weighted by Gasteiger charge is -2.31. The minimum absolute atomic E-state index is 0.412. The molecule has 0 amide bonds. The number of quaternary nitrogens is 1. The summed E-state index contributed by atoms with van der Waals surface area (Å²) in [6.07, 6.45) is 3.67. The molecular formula is C15H21F2N2+. The zero-order chi connectivity index (χ0) is 13.5. The van der Waals surface area contributed by atoms with Gasteiger partial charge >= 0.3 is 0 Å². The minimum Gasteiger partial charge on any atom is -0.295 e. The summed E-state index contributed by atoms with van der Waals surface area (Å²) in [5, 5.41) is 0. The van der Waals surface area contributed by atoms with Crippen molar-refractivity contribution in [1.29, 1.82) is 0 Å². The van der Waals surface area contributed by atoms with Crippen molar-refractivity contribution in [3.05, 3.63) is 29.8 Å². The molecule has 0 N–H and O–H groups in total. The molecule has 0 spiro atoms. The van der Waals surface area contributed by atoms with E-state index in [4.69, 9.17) is 0 Å². The van der Waals surface area contributed by atoms with Gasteiger partial charge in [0, 0.05) is 18.6 Å². The highest BCUT2D eigenvalue weighted by molar-refractivity contribution is 5.45. The predicted molar refractivity (Wildman–Crippen MR) is 73.0 cm³/mol. The first-order chi connectivity index (χ1) is 9.08. The average molecular weight is 267 g/mol. The summed E-state index contributed by atoms with van der Waals surface area (Å²) < 4.78 is 27.6. The molecular weight excluding hydrogens is 246 g/mol. The Hall–Kier alpha value is -1.00. The van der Waals surface area contributed by atoms with E-state index < -0.39 is 11.6 Å². The Morgan fingerprint density at radius 1 is 1.21 bits per heavy atom. The van der Waals surface area contributed by atoms with Crippen LogP contribution in [0.5, 0.6) is 0 Å². The second-order valence-electron chi connectivity index (χ2n) is 6.08. The second kappa shape index (κ2) is 4.84. The summed E-state index contributed by atoms with van der Waals surface area (Å²) in [4.78, 5) is 2.53. The van der Waals surface area contributed by atoms with Crippen LogP contribution in [0.15, 0.2) is 18.2 Å². The maximum atomic E-state index is 14.0. The maximum Gasteiger partial charge on any atom is 0.186 e. The average Bonchev–Trinajstić information content (AvgIpc) is 2.98. The van der Waals surface area contributed by atoms with Gasteiger partial charge in [0.2, 0.25) is 0 Å². The van der Waals surface area contributed by atoms with Gasteiger partial charge in [-0.25, -0.2) is 8.78 Å². The molecule has 2 atom stereocenters. The number of hydrogen-bond acceptors (Lipinski definition) is 1. The fourth-order valence-corrected chi connectivity index (χ4v) is 3.62. The third kappa shape index (κ3) is 2.39. The molecule has 2 fully saturated rings. The molecule has 0 aliphatic carbocycles. The monoisotopic (exact) mass is 267 g/mol. The molecule has 2 saturated heterocycles. The van der Waals surface area contributed by atoms with Crippen molar-refractivity contribution >= 4 is 5.69 Å². The first-order valence-electron chi connectivity index (χ1n) is 7.13. The van der Waals surface area contributed by atoms with Gasteiger partial charge < -0.3 is 0 Å². The van der Waals surface area contributed by atoms with E-state index in [0.29, 0.717) is 16.2 Å². The van der Waals surface area contributed by atoms with Crippen molar-refractivity contribution in [2.45, 2.75) is 25.3 Å². The molecule has 2 aliphatic heterocycles. The van der Waals surface area contributed by atoms with Gasteiger partial charge in [0.1, 0.15) is 5.82 Å². The van der Waals surface area contributed by atoms with E-state index in [2.05, 4.69) is 11.9 Å². The lowest BCUT2D eigenvalue weighted by Crippen LogP contribution is -2.46. The van der Waals surface area contributed by atoms with E-state index in [1.165, 1.54) is 32.0 Å². The summed E-state index contributed by atoms with van der Waals surface area (Å²) >= 11 is 0. The lowest BCUT2D eigenvalue weighted by molar-refractivity contribution is 0.241. The van der Waals surface area contributed by atoms with Crippen LogP contribution in [0.4, 0.5) is 14.5 Å². The Labute approximate surface area is 113 Å². The normalized spacial score (nSPS) is 32.1. The molecule has 4 heteroatoms. The molecule has 3 rings (SSSR count). The molecule has 0 radical (unpaired) electrons. The van der Waals surface area contributed by atoms with Crippen molar-refractivity contribution in [3.63, 3.8) is 0 Å². The van der Waals surface area contributed by atoms with Crippen molar-refractivity contribution < 1.29 is 8.78 Å². The molecule has 2 unspecified atom stereocenters. The second-order valence-corrected chi connectivity index (χ2v) is 6.08. The largest absolute Gasteiger partial charge is 0.295 e. The van der Waals surface area contributed by atoms with Gasteiger partial charge in [-0.1, -0.05) is 0 Å². The van der Waals surface area contributed by atoms with Crippen LogP contribution >= 0.6 is 0 Å². The van der Waals surface area contributed by atoms with Crippen LogP contribution in [0.25, 0.3) is 0 Å². The predicted octanol–water partition coefficient (Wildman–Crippen LogP) is 2.77. The quantitative estimate of drug-likeness (QED) is 0.745. The molecule has 104 valence electrons. The van der Waals surface area contributed by atoms with Crippen LogP contribution in [-0.4, -0.2) is 44.2 Å². The van der Waals surface area contributed by atoms with Gasteiger partial charge in [-0.2, -0.15) is 0 Å². The zero-order valence-corrected chi connectivity index (χ0v) is 11.4. The molecule has 0 bridgehead atoms. The van der Waals surface area contributed by atoms with E-state index >= 15 is 0 Å². The summed E-state index contributed by atoms with van der Waals surface area (Å²) in [7, 11) is 2.06. The van der Waals surface area contributed by atoms with Crippen LogP contribution in [-0.2, 0) is 0 Å². The molecule has 1 aromatic carbocycles. The number of halogens is 2. The summed E-state index contributed by atoms with van der Waals surface area (Å²) in [5.41, 5.74) is 0.628. The van der Waals surface area contributed by atoms with Gasteiger partial charge in [-0.05, 0) is 32.0 Å². The molecule has 2 aliphatic rings. The SMILES string of the molecule is C[N+]1(c2ccc(F)cc2F)CCC(N2CCCC2)C1. The van der Waals surface area contributed by atoms with Crippen LogP contribution < -0.4 is 4.48 Å². The van der Waals surface area contributed by atoms with Crippen LogP contribution in [0.2, 0.25) is 0 Å². The topological polar surface area (TPSA) is 3.24 Å². The summed E-state index contributed by atoms with van der Waals surface area (Å²) in [5.74, 6) is -0.910. The number of hydrogen-bond donors (Lipinski definition) is 0. The van der Waals surface area contributed by atoms with Gasteiger partial charge in [0.25, 0.3) is 0 Å². The fraction of sp³-hybridized carbons (Fsp3) is 0.600. The van der Waals surface area contributed by atoms with E-state index in [1.807, 2.05) is 0 Å². The van der Waals surface area contributed by atoms with Gasteiger partial charge in [0.15, 0.2) is 11.5 Å². The first-order valence-corrected chi connectivity index (χ1v) is 7.13. The molecule has 19 heavy (non-hydrogen) atoms. The van der Waals surface area contributed by atoms with Crippen LogP contribution in [0.1, 0.15) is 19.3 Å². The third-order valence-corrected chi connectivity index (χ3v) is 4.72.